The fourth-order valence-electron chi connectivity index (χ4n) is 3.37. The highest BCUT2D eigenvalue weighted by Crippen LogP contribution is 2.34. The molecule has 1 aliphatic rings. The smallest absolute Gasteiger partial charge is 0.319 e. The number of fused-ring (bicyclic) bond motifs is 1. The maximum atomic E-state index is 13.1. The molecule has 1 fully saturated rings. The molecule has 0 spiro atoms. The number of ketones is 1. The summed E-state index contributed by atoms with van der Waals surface area (Å²) < 4.78 is 0.823. The molecular weight excluding hydrogens is 428 g/mol. The van der Waals surface area contributed by atoms with Gasteiger partial charge in [0.1, 0.15) is 5.54 Å². The third-order valence-electron chi connectivity index (χ3n) is 4.75. The van der Waals surface area contributed by atoms with Crippen LogP contribution in [0.5, 0.6) is 0 Å². The van der Waals surface area contributed by atoms with Gasteiger partial charge in [-0.25, -0.2) is 4.79 Å². The van der Waals surface area contributed by atoms with Crippen LogP contribution in [0.25, 0.3) is 10.8 Å². The van der Waals surface area contributed by atoms with E-state index in [1.165, 1.54) is 11.3 Å². The van der Waals surface area contributed by atoms with Crippen LogP contribution in [-0.2, 0) is 10.3 Å². The molecule has 1 saturated heterocycles. The fraction of sp³-hybridized carbons (Fsp3) is 0.150. The molecule has 3 aromatic rings. The highest BCUT2D eigenvalue weighted by molar-refractivity contribution is 9.11. The zero-order valence-corrected chi connectivity index (χ0v) is 16.8. The number of imide groups is 1. The van der Waals surface area contributed by atoms with Gasteiger partial charge >= 0.3 is 6.03 Å². The first-order valence-electron chi connectivity index (χ1n) is 8.31. The molecule has 4 rings (SSSR count). The number of carbonyl (C=O) groups is 3. The topological polar surface area (TPSA) is 66.5 Å². The Bertz CT molecular complexity index is 1090. The predicted molar refractivity (Wildman–Crippen MR) is 108 cm³/mol. The van der Waals surface area contributed by atoms with Gasteiger partial charge in [0.05, 0.1) is 15.2 Å². The Morgan fingerprint density at radius 3 is 2.59 bits per heavy atom. The second kappa shape index (κ2) is 6.58. The molecule has 2 heterocycles. The minimum Gasteiger partial charge on any atom is -0.319 e. The first kappa shape index (κ1) is 17.9. The molecule has 0 aliphatic carbocycles. The molecule has 3 amide bonds. The lowest BCUT2D eigenvalue weighted by atomic mass is 9.88. The molecule has 1 unspecified atom stereocenters. The van der Waals surface area contributed by atoms with Crippen LogP contribution >= 0.6 is 27.3 Å². The lowest BCUT2D eigenvalue weighted by Gasteiger charge is -2.24. The number of benzene rings is 2. The second-order valence-electron chi connectivity index (χ2n) is 6.50. The van der Waals surface area contributed by atoms with Crippen molar-refractivity contribution in [2.45, 2.75) is 12.5 Å². The summed E-state index contributed by atoms with van der Waals surface area (Å²) in [7, 11) is 0. The average molecular weight is 443 g/mol. The van der Waals surface area contributed by atoms with Crippen molar-refractivity contribution in [3.63, 3.8) is 0 Å². The summed E-state index contributed by atoms with van der Waals surface area (Å²) in [6.07, 6.45) is 0. The van der Waals surface area contributed by atoms with Gasteiger partial charge in [-0.3, -0.25) is 14.5 Å². The van der Waals surface area contributed by atoms with E-state index in [-0.39, 0.29) is 12.3 Å². The molecule has 7 heteroatoms. The Balaban J connectivity index is 1.68. The van der Waals surface area contributed by atoms with Gasteiger partial charge in [0.15, 0.2) is 5.78 Å². The zero-order chi connectivity index (χ0) is 19.2. The van der Waals surface area contributed by atoms with Crippen LogP contribution in [0.2, 0.25) is 0 Å². The van der Waals surface area contributed by atoms with Crippen LogP contribution in [0.15, 0.2) is 58.4 Å². The van der Waals surface area contributed by atoms with Gasteiger partial charge in [0.25, 0.3) is 5.91 Å². The van der Waals surface area contributed by atoms with E-state index in [2.05, 4.69) is 21.2 Å². The van der Waals surface area contributed by atoms with Crippen molar-refractivity contribution >= 4 is 55.8 Å². The number of nitrogens with one attached hydrogen (secondary N) is 1. The molecule has 1 aromatic heterocycles. The Morgan fingerprint density at radius 2 is 1.85 bits per heavy atom. The molecule has 1 N–H and O–H groups in total. The van der Waals surface area contributed by atoms with E-state index >= 15 is 0 Å². The van der Waals surface area contributed by atoms with Crippen LogP contribution in [-0.4, -0.2) is 29.2 Å². The number of hydrogen-bond acceptors (Lipinski definition) is 4. The Morgan fingerprint density at radius 1 is 1.11 bits per heavy atom. The third kappa shape index (κ3) is 2.96. The number of urea groups is 1. The first-order valence-corrected chi connectivity index (χ1v) is 9.92. The molecule has 136 valence electrons. The SMILES string of the molecule is CC1(c2cccc3ccccc23)NC(=O)N(CC(=O)c2ccc(Br)s2)C1=O. The summed E-state index contributed by atoms with van der Waals surface area (Å²) in [6, 6.07) is 16.2. The molecule has 0 saturated carbocycles. The molecule has 1 aliphatic heterocycles. The molecule has 5 nitrogen and oxygen atoms in total. The number of Topliss-reactive ketones (excluding diaryl/α,β-unsaturated/α-hetero) is 1. The summed E-state index contributed by atoms with van der Waals surface area (Å²) >= 11 is 4.59. The van der Waals surface area contributed by atoms with Gasteiger partial charge in [-0.1, -0.05) is 42.5 Å². The van der Waals surface area contributed by atoms with Crippen LogP contribution in [0.1, 0.15) is 22.2 Å². The van der Waals surface area contributed by atoms with E-state index < -0.39 is 17.5 Å². The number of halogens is 1. The monoisotopic (exact) mass is 442 g/mol. The number of nitrogens with zero attached hydrogens (tertiary/aromatic N) is 1. The van der Waals surface area contributed by atoms with Gasteiger partial charge in [0, 0.05) is 0 Å². The minimum atomic E-state index is -1.21. The quantitative estimate of drug-likeness (QED) is 0.483. The second-order valence-corrected chi connectivity index (χ2v) is 8.96. The van der Waals surface area contributed by atoms with Gasteiger partial charge < -0.3 is 5.32 Å². The highest BCUT2D eigenvalue weighted by Gasteiger charge is 2.50. The van der Waals surface area contributed by atoms with E-state index in [0.29, 0.717) is 10.4 Å². The average Bonchev–Trinajstić information content (AvgIpc) is 3.19. The van der Waals surface area contributed by atoms with Crippen LogP contribution in [0.4, 0.5) is 4.79 Å². The number of carbonyl (C=O) groups excluding carboxylic acids is 3. The van der Waals surface area contributed by atoms with Crippen molar-refractivity contribution in [1.82, 2.24) is 10.2 Å². The maximum absolute atomic E-state index is 13.1. The standard InChI is InChI=1S/C20H15BrN2O3S/c1-20(14-8-4-6-12-5-2-3-7-13(12)14)18(25)23(19(26)22-20)11-15(24)16-9-10-17(21)27-16/h2-10H,11H2,1H3,(H,22,26). The predicted octanol–water partition coefficient (Wildman–Crippen LogP) is 4.31. The molecule has 27 heavy (non-hydrogen) atoms. The van der Waals surface area contributed by atoms with Crippen LogP contribution < -0.4 is 5.32 Å². The summed E-state index contributed by atoms with van der Waals surface area (Å²) in [5.74, 6) is -0.691. The molecule has 0 bridgehead atoms. The summed E-state index contributed by atoms with van der Waals surface area (Å²) in [6.45, 7) is 1.40. The van der Waals surface area contributed by atoms with Crippen molar-refractivity contribution < 1.29 is 14.4 Å². The van der Waals surface area contributed by atoms with Gasteiger partial charge in [-0.2, -0.15) is 0 Å². The zero-order valence-electron chi connectivity index (χ0n) is 14.4. The van der Waals surface area contributed by atoms with E-state index in [4.69, 9.17) is 0 Å². The molecule has 0 radical (unpaired) electrons. The fourth-order valence-corrected chi connectivity index (χ4v) is 4.69. The van der Waals surface area contributed by atoms with Crippen molar-refractivity contribution in [1.29, 1.82) is 0 Å². The van der Waals surface area contributed by atoms with Crippen molar-refractivity contribution in [2.75, 3.05) is 6.54 Å². The van der Waals surface area contributed by atoms with E-state index in [1.54, 1.807) is 19.1 Å². The summed E-state index contributed by atoms with van der Waals surface area (Å²) in [5, 5.41) is 4.66. The van der Waals surface area contributed by atoms with Crippen LogP contribution in [0, 0.1) is 0 Å². The van der Waals surface area contributed by atoms with Crippen molar-refractivity contribution in [3.05, 3.63) is 68.8 Å². The van der Waals surface area contributed by atoms with Crippen molar-refractivity contribution in [3.8, 4) is 0 Å². The Labute approximate surface area is 168 Å². The summed E-state index contributed by atoms with van der Waals surface area (Å²) in [5.41, 5.74) is -0.499. The number of amides is 3. The maximum Gasteiger partial charge on any atom is 0.325 e. The highest BCUT2D eigenvalue weighted by atomic mass is 79.9. The number of rotatable bonds is 4. The molecule has 2 aromatic carbocycles. The summed E-state index contributed by atoms with van der Waals surface area (Å²) in [4.78, 5) is 39.6. The van der Waals surface area contributed by atoms with E-state index in [1.807, 2.05) is 42.5 Å². The lowest BCUT2D eigenvalue weighted by Crippen LogP contribution is -2.41. The van der Waals surface area contributed by atoms with Gasteiger partial charge in [-0.15, -0.1) is 11.3 Å². The van der Waals surface area contributed by atoms with E-state index in [0.717, 1.165) is 19.5 Å². The third-order valence-corrected chi connectivity index (χ3v) is 6.42. The lowest BCUT2D eigenvalue weighted by molar-refractivity contribution is -0.130. The number of hydrogen-bond donors (Lipinski definition) is 1. The van der Waals surface area contributed by atoms with Crippen LogP contribution in [0.3, 0.4) is 0 Å². The van der Waals surface area contributed by atoms with Gasteiger partial charge in [0.2, 0.25) is 0 Å². The number of thiophene rings is 1. The van der Waals surface area contributed by atoms with Crippen molar-refractivity contribution in [2.24, 2.45) is 0 Å². The Hall–Kier alpha value is -2.51. The van der Waals surface area contributed by atoms with Gasteiger partial charge in [-0.05, 0) is 51.3 Å². The Kier molecular flexibility index (Phi) is 4.36. The molecular formula is C20H15BrN2O3S. The van der Waals surface area contributed by atoms with E-state index in [9.17, 15) is 14.4 Å². The minimum absolute atomic E-state index is 0.267. The molecule has 1 atom stereocenters. The largest absolute Gasteiger partial charge is 0.325 e. The normalized spacial score (nSPS) is 19.6. The first-order chi connectivity index (χ1) is 12.9.